The minimum atomic E-state index is -0.0630. The maximum Gasteiger partial charge on any atom is 0.157 e. The van der Waals surface area contributed by atoms with Gasteiger partial charge in [0.2, 0.25) is 0 Å². The highest BCUT2D eigenvalue weighted by atomic mass is 16.7. The first-order chi connectivity index (χ1) is 24.4. The molecule has 1 atom stereocenters. The zero-order valence-corrected chi connectivity index (χ0v) is 30.6. The third-order valence-electron chi connectivity index (χ3n) is 7.76. The highest BCUT2D eigenvalue weighted by molar-refractivity contribution is 5.27. The van der Waals surface area contributed by atoms with Crippen LogP contribution >= 0.6 is 0 Å². The topological polar surface area (TPSA) is 102 Å². The van der Waals surface area contributed by atoms with Gasteiger partial charge in [-0.3, -0.25) is 0 Å². The molecule has 1 aromatic rings. The zero-order valence-electron chi connectivity index (χ0n) is 30.6. The van der Waals surface area contributed by atoms with Crippen molar-refractivity contribution >= 4 is 0 Å². The lowest BCUT2D eigenvalue weighted by molar-refractivity contribution is -0.169. The van der Waals surface area contributed by atoms with Crippen LogP contribution < -0.4 is 4.74 Å². The van der Waals surface area contributed by atoms with E-state index < -0.39 is 0 Å². The van der Waals surface area contributed by atoms with E-state index in [0.29, 0.717) is 119 Å². The molecule has 0 amide bonds. The molecule has 2 rings (SSSR count). The van der Waals surface area contributed by atoms with Crippen molar-refractivity contribution in [2.45, 2.75) is 83.8 Å². The number of hydrogen-bond acceptors (Lipinski definition) is 11. The van der Waals surface area contributed by atoms with Crippen LogP contribution in [0.1, 0.15) is 76.7 Å². The Morgan fingerprint density at radius 2 is 0.918 bits per heavy atom. The average Bonchev–Trinajstić information content (AvgIpc) is 3.13. The van der Waals surface area contributed by atoms with E-state index >= 15 is 0 Å². The van der Waals surface area contributed by atoms with E-state index in [9.17, 15) is 0 Å². The number of aryl methyl sites for hydroxylation is 1. The number of ether oxygens (including phenoxy) is 11. The van der Waals surface area contributed by atoms with Gasteiger partial charge in [0.05, 0.1) is 112 Å². The molecule has 1 aliphatic heterocycles. The molecule has 1 aliphatic rings. The zero-order chi connectivity index (χ0) is 34.6. The van der Waals surface area contributed by atoms with Crippen molar-refractivity contribution in [1.82, 2.24) is 0 Å². The molecule has 0 spiro atoms. The van der Waals surface area contributed by atoms with Crippen LogP contribution in [0.15, 0.2) is 24.3 Å². The summed E-state index contributed by atoms with van der Waals surface area (Å²) >= 11 is 0. The van der Waals surface area contributed by atoms with Crippen LogP contribution in [0.4, 0.5) is 0 Å². The molecule has 49 heavy (non-hydrogen) atoms. The summed E-state index contributed by atoms with van der Waals surface area (Å²) in [5, 5.41) is 0. The van der Waals surface area contributed by atoms with Gasteiger partial charge in [0, 0.05) is 6.61 Å². The van der Waals surface area contributed by atoms with Crippen molar-refractivity contribution in [3.8, 4) is 5.75 Å². The van der Waals surface area contributed by atoms with Crippen molar-refractivity contribution in [1.29, 1.82) is 0 Å². The molecule has 1 fully saturated rings. The second-order valence-corrected chi connectivity index (χ2v) is 11.9. The van der Waals surface area contributed by atoms with Crippen LogP contribution in [-0.2, 0) is 53.8 Å². The summed E-state index contributed by atoms with van der Waals surface area (Å²) in [6.07, 6.45) is 13.7. The van der Waals surface area contributed by atoms with Gasteiger partial charge >= 0.3 is 0 Å². The van der Waals surface area contributed by atoms with Crippen molar-refractivity contribution in [3.63, 3.8) is 0 Å². The van der Waals surface area contributed by atoms with Crippen molar-refractivity contribution < 1.29 is 52.1 Å². The molecule has 0 radical (unpaired) electrons. The summed E-state index contributed by atoms with van der Waals surface area (Å²) in [5.74, 6) is 0.889. The molecule has 0 N–H and O–H groups in total. The summed E-state index contributed by atoms with van der Waals surface area (Å²) in [4.78, 5) is 0. The normalized spacial score (nSPS) is 14.8. The molecule has 1 heterocycles. The van der Waals surface area contributed by atoms with E-state index in [0.717, 1.165) is 31.6 Å². The second-order valence-electron chi connectivity index (χ2n) is 11.9. The highest BCUT2D eigenvalue weighted by Crippen LogP contribution is 2.16. The number of benzene rings is 1. The molecule has 0 saturated carbocycles. The molecule has 11 nitrogen and oxygen atoms in total. The summed E-state index contributed by atoms with van der Waals surface area (Å²) < 4.78 is 61.1. The molecular formula is C38H68O11. The number of rotatable bonds is 37. The maximum atomic E-state index is 5.78. The molecule has 0 bridgehead atoms. The van der Waals surface area contributed by atoms with E-state index in [-0.39, 0.29) is 6.29 Å². The Morgan fingerprint density at radius 3 is 1.37 bits per heavy atom. The van der Waals surface area contributed by atoms with E-state index in [1.807, 2.05) is 0 Å². The van der Waals surface area contributed by atoms with Crippen molar-refractivity contribution in [2.75, 3.05) is 126 Å². The summed E-state index contributed by atoms with van der Waals surface area (Å²) in [6, 6.07) is 8.46. The summed E-state index contributed by atoms with van der Waals surface area (Å²) in [7, 11) is 0. The van der Waals surface area contributed by atoms with E-state index in [1.165, 1.54) is 56.9 Å². The third-order valence-corrected chi connectivity index (χ3v) is 7.76. The predicted molar refractivity (Wildman–Crippen MR) is 190 cm³/mol. The monoisotopic (exact) mass is 700 g/mol. The Hall–Kier alpha value is -1.38. The summed E-state index contributed by atoms with van der Waals surface area (Å²) in [5.41, 5.74) is 1.38. The fourth-order valence-electron chi connectivity index (χ4n) is 4.98. The van der Waals surface area contributed by atoms with Crippen molar-refractivity contribution in [2.24, 2.45) is 0 Å². The first-order valence-electron chi connectivity index (χ1n) is 19.0. The van der Waals surface area contributed by atoms with Crippen LogP contribution in [-0.4, -0.2) is 132 Å². The fraction of sp³-hybridized carbons (Fsp3) is 0.842. The molecule has 11 heteroatoms. The molecule has 286 valence electrons. The Kier molecular flexibility index (Phi) is 31.3. The minimum absolute atomic E-state index is 0.0630. The molecule has 0 aliphatic carbocycles. The van der Waals surface area contributed by atoms with Gasteiger partial charge in [-0.25, -0.2) is 0 Å². The van der Waals surface area contributed by atoms with Gasteiger partial charge < -0.3 is 52.1 Å². The number of unbranched alkanes of at least 4 members (excludes halogenated alkanes) is 6. The molecule has 0 aromatic heterocycles. The van der Waals surface area contributed by atoms with Gasteiger partial charge in [0.1, 0.15) is 12.4 Å². The van der Waals surface area contributed by atoms with Gasteiger partial charge in [0.25, 0.3) is 0 Å². The Morgan fingerprint density at radius 1 is 0.490 bits per heavy atom. The molecule has 1 saturated heterocycles. The first-order valence-corrected chi connectivity index (χ1v) is 19.0. The van der Waals surface area contributed by atoms with Crippen LogP contribution in [0, 0.1) is 0 Å². The van der Waals surface area contributed by atoms with E-state index in [1.54, 1.807) is 0 Å². The van der Waals surface area contributed by atoms with Gasteiger partial charge in [-0.1, -0.05) is 57.6 Å². The second kappa shape index (κ2) is 35.0. The van der Waals surface area contributed by atoms with Gasteiger partial charge in [-0.05, 0) is 49.8 Å². The van der Waals surface area contributed by atoms with Gasteiger partial charge in [0.15, 0.2) is 6.29 Å². The maximum absolute atomic E-state index is 5.78. The number of hydrogen-bond donors (Lipinski definition) is 0. The first kappa shape index (κ1) is 43.8. The molecule has 1 unspecified atom stereocenters. The summed E-state index contributed by atoms with van der Waals surface area (Å²) in [6.45, 7) is 12.6. The van der Waals surface area contributed by atoms with Crippen LogP contribution in [0.5, 0.6) is 5.75 Å². The lowest BCUT2D eigenvalue weighted by Crippen LogP contribution is -2.24. The van der Waals surface area contributed by atoms with E-state index in [2.05, 4.69) is 31.2 Å². The average molecular weight is 701 g/mol. The van der Waals surface area contributed by atoms with Gasteiger partial charge in [-0.2, -0.15) is 0 Å². The van der Waals surface area contributed by atoms with Crippen LogP contribution in [0.2, 0.25) is 0 Å². The van der Waals surface area contributed by atoms with Gasteiger partial charge in [-0.15, -0.1) is 0 Å². The fourth-order valence-corrected chi connectivity index (χ4v) is 4.98. The lowest BCUT2D eigenvalue weighted by Gasteiger charge is -2.22. The smallest absolute Gasteiger partial charge is 0.157 e. The SMILES string of the molecule is CCCCCCCCCc1ccc(OCCOCCOCCOCCOCCOCCOCCOCCOCCOC2CCCCO2)cc1. The van der Waals surface area contributed by atoms with Crippen molar-refractivity contribution in [3.05, 3.63) is 29.8 Å². The quantitative estimate of drug-likeness (QED) is 0.0761. The molecule has 1 aromatic carbocycles. The predicted octanol–water partition coefficient (Wildman–Crippen LogP) is 6.03. The lowest BCUT2D eigenvalue weighted by atomic mass is 10.0. The Bertz CT molecular complexity index is 792. The molecular weight excluding hydrogens is 632 g/mol. The van der Waals surface area contributed by atoms with E-state index in [4.69, 9.17) is 52.1 Å². The third kappa shape index (κ3) is 29.0. The minimum Gasteiger partial charge on any atom is -0.491 e. The Balaban J connectivity index is 1.18. The standard InChI is InChI=1S/C38H68O11/c1-2-3-4-5-6-7-8-11-36-13-15-37(16-14-36)47-34-32-45-30-28-43-26-24-41-22-20-39-18-19-40-21-23-42-25-27-44-29-31-46-33-35-49-38-12-9-10-17-48-38/h13-16,38H,2-12,17-35H2,1H3. The Labute approximate surface area is 296 Å². The van der Waals surface area contributed by atoms with Crippen LogP contribution in [0.3, 0.4) is 0 Å². The highest BCUT2D eigenvalue weighted by Gasteiger charge is 2.13. The van der Waals surface area contributed by atoms with Crippen LogP contribution in [0.25, 0.3) is 0 Å². The largest absolute Gasteiger partial charge is 0.491 e.